The van der Waals surface area contributed by atoms with Crippen molar-refractivity contribution in [3.63, 3.8) is 0 Å². The zero-order valence-corrected chi connectivity index (χ0v) is 17.1. The molecule has 6 heteroatoms. The van der Waals surface area contributed by atoms with Crippen molar-refractivity contribution in [2.45, 2.75) is 20.0 Å². The Bertz CT molecular complexity index is 1220. The Morgan fingerprint density at radius 3 is 2.70 bits per heavy atom. The molecular weight excluding hydrogens is 376 g/mol. The largest absolute Gasteiger partial charge is 0.371 e. The van der Waals surface area contributed by atoms with Gasteiger partial charge in [0.05, 0.1) is 29.4 Å². The Morgan fingerprint density at radius 2 is 1.97 bits per heavy atom. The summed E-state index contributed by atoms with van der Waals surface area (Å²) in [5, 5.41) is 3.37. The van der Waals surface area contributed by atoms with E-state index in [1.165, 1.54) is 0 Å². The molecule has 1 aliphatic heterocycles. The highest BCUT2D eigenvalue weighted by Crippen LogP contribution is 2.36. The molecule has 0 radical (unpaired) electrons. The molecule has 1 saturated heterocycles. The smallest absolute Gasteiger partial charge is 0.162 e. The van der Waals surface area contributed by atoms with E-state index in [0.717, 1.165) is 58.0 Å². The van der Waals surface area contributed by atoms with Crippen molar-refractivity contribution in [2.24, 2.45) is 0 Å². The normalized spacial score (nSPS) is 16.8. The highest BCUT2D eigenvalue weighted by Gasteiger charge is 2.23. The molecule has 6 nitrogen and oxygen atoms in total. The number of nitrogens with one attached hydrogen (secondary N) is 3. The van der Waals surface area contributed by atoms with Gasteiger partial charge >= 0.3 is 0 Å². The summed E-state index contributed by atoms with van der Waals surface area (Å²) in [5.41, 5.74) is 7.21. The number of aromatic nitrogens is 3. The van der Waals surface area contributed by atoms with Crippen LogP contribution in [0.5, 0.6) is 0 Å². The molecule has 1 atom stereocenters. The van der Waals surface area contributed by atoms with Gasteiger partial charge in [0.25, 0.3) is 0 Å². The minimum Gasteiger partial charge on any atom is -0.371 e. The maximum Gasteiger partial charge on any atom is 0.162 e. The third-order valence-corrected chi connectivity index (χ3v) is 5.65. The molecular formula is C24H24N4O2. The molecule has 1 aliphatic rings. The van der Waals surface area contributed by atoms with Crippen LogP contribution in [-0.2, 0) is 4.74 Å². The van der Waals surface area contributed by atoms with Crippen LogP contribution in [0.25, 0.3) is 33.7 Å². The van der Waals surface area contributed by atoms with Crippen molar-refractivity contribution in [3.8, 4) is 22.6 Å². The Morgan fingerprint density at radius 1 is 1.13 bits per heavy atom. The number of fused-ring (bicyclic) bond motifs is 1. The van der Waals surface area contributed by atoms with E-state index in [1.54, 1.807) is 6.92 Å². The van der Waals surface area contributed by atoms with Gasteiger partial charge in [-0.1, -0.05) is 36.4 Å². The Hall–Kier alpha value is -3.22. The first-order valence-electron chi connectivity index (χ1n) is 10.2. The zero-order valence-electron chi connectivity index (χ0n) is 17.1. The number of nitrogens with zero attached hydrogens (tertiary/aromatic N) is 1. The monoisotopic (exact) mass is 400 g/mol. The average molecular weight is 400 g/mol. The number of ether oxygens (including phenoxy) is 1. The number of carbonyl (C=O) groups excluding carboxylic acids is 1. The molecule has 2 aromatic heterocycles. The fourth-order valence-corrected chi connectivity index (χ4v) is 4.26. The summed E-state index contributed by atoms with van der Waals surface area (Å²) < 4.78 is 5.88. The molecule has 0 amide bonds. The van der Waals surface area contributed by atoms with Crippen LogP contribution in [0.4, 0.5) is 0 Å². The number of carbonyl (C=O) groups is 1. The van der Waals surface area contributed by atoms with Gasteiger partial charge in [-0.2, -0.15) is 0 Å². The van der Waals surface area contributed by atoms with Gasteiger partial charge in [-0.3, -0.25) is 4.79 Å². The van der Waals surface area contributed by atoms with E-state index in [2.05, 4.69) is 27.4 Å². The summed E-state index contributed by atoms with van der Waals surface area (Å²) in [6, 6.07) is 16.2. The van der Waals surface area contributed by atoms with Gasteiger partial charge in [-0.15, -0.1) is 0 Å². The minimum atomic E-state index is 0.0363. The summed E-state index contributed by atoms with van der Waals surface area (Å²) in [4.78, 5) is 24.1. The van der Waals surface area contributed by atoms with Crippen molar-refractivity contribution >= 4 is 16.8 Å². The molecule has 0 aliphatic carbocycles. The maximum atomic E-state index is 12.4. The molecule has 1 unspecified atom stereocenters. The summed E-state index contributed by atoms with van der Waals surface area (Å²) in [6.45, 7) is 5.94. The van der Waals surface area contributed by atoms with Crippen LogP contribution in [0.1, 0.15) is 34.6 Å². The van der Waals surface area contributed by atoms with Crippen LogP contribution in [0, 0.1) is 6.92 Å². The highest BCUT2D eigenvalue weighted by molar-refractivity contribution is 6.05. The standard InChI is InChI=1S/C24H24N4O2/c1-14-21(15(2)29)22(16-6-4-3-5-7-16)23(26-14)24-27-18-9-8-17(12-19(18)28-24)20-13-25-10-11-30-20/h3-9,12,20,25-26H,10-11,13H2,1-2H3,(H,27,28). The van der Waals surface area contributed by atoms with E-state index in [4.69, 9.17) is 9.72 Å². The third-order valence-electron chi connectivity index (χ3n) is 5.65. The quantitative estimate of drug-likeness (QED) is 0.444. The number of aromatic amines is 2. The first-order valence-corrected chi connectivity index (χ1v) is 10.2. The molecule has 2 aromatic carbocycles. The second-order valence-corrected chi connectivity index (χ2v) is 7.72. The van der Waals surface area contributed by atoms with Gasteiger partial charge in [-0.25, -0.2) is 4.98 Å². The van der Waals surface area contributed by atoms with E-state index in [9.17, 15) is 4.79 Å². The van der Waals surface area contributed by atoms with Crippen molar-refractivity contribution in [1.82, 2.24) is 20.3 Å². The number of hydrogen-bond donors (Lipinski definition) is 3. The summed E-state index contributed by atoms with van der Waals surface area (Å²) in [7, 11) is 0. The SMILES string of the molecule is CC(=O)c1c(C)[nH]c(-c2nc3cc(C4CNCCO4)ccc3[nH]2)c1-c1ccccc1. The molecule has 4 aromatic rings. The van der Waals surface area contributed by atoms with E-state index in [-0.39, 0.29) is 11.9 Å². The van der Waals surface area contributed by atoms with Crippen molar-refractivity contribution in [2.75, 3.05) is 19.7 Å². The molecule has 0 bridgehead atoms. The Kier molecular flexibility index (Phi) is 4.73. The molecule has 0 saturated carbocycles. The predicted octanol–water partition coefficient (Wildman–Crippen LogP) is 4.40. The van der Waals surface area contributed by atoms with Crippen molar-refractivity contribution in [3.05, 3.63) is 65.4 Å². The number of imidazole rings is 1. The molecule has 0 spiro atoms. The van der Waals surface area contributed by atoms with Gasteiger partial charge in [0.15, 0.2) is 11.6 Å². The lowest BCUT2D eigenvalue weighted by Crippen LogP contribution is -2.33. The number of H-pyrrole nitrogens is 2. The molecule has 3 N–H and O–H groups in total. The number of morpholine rings is 1. The van der Waals surface area contributed by atoms with Crippen LogP contribution in [0.15, 0.2) is 48.5 Å². The molecule has 5 rings (SSSR count). The summed E-state index contributed by atoms with van der Waals surface area (Å²) in [6.07, 6.45) is 0.0419. The first-order chi connectivity index (χ1) is 14.6. The minimum absolute atomic E-state index is 0.0363. The van der Waals surface area contributed by atoms with Gasteiger partial charge in [0.2, 0.25) is 0 Å². The number of aryl methyl sites for hydroxylation is 1. The van der Waals surface area contributed by atoms with Crippen molar-refractivity contribution in [1.29, 1.82) is 0 Å². The zero-order chi connectivity index (χ0) is 20.7. The number of Topliss-reactive ketones (excluding diaryl/α,β-unsaturated/α-hetero) is 1. The molecule has 1 fully saturated rings. The molecule has 152 valence electrons. The number of ketones is 1. The lowest BCUT2D eigenvalue weighted by molar-refractivity contribution is 0.0278. The van der Waals surface area contributed by atoms with Crippen LogP contribution >= 0.6 is 0 Å². The van der Waals surface area contributed by atoms with Gasteiger partial charge in [-0.05, 0) is 37.1 Å². The second-order valence-electron chi connectivity index (χ2n) is 7.72. The van der Waals surface area contributed by atoms with E-state index < -0.39 is 0 Å². The maximum absolute atomic E-state index is 12.4. The Balaban J connectivity index is 1.63. The second kappa shape index (κ2) is 7.55. The molecule has 3 heterocycles. The fraction of sp³-hybridized carbons (Fsp3) is 0.250. The summed E-state index contributed by atoms with van der Waals surface area (Å²) in [5.74, 6) is 0.758. The lowest BCUT2D eigenvalue weighted by atomic mass is 9.98. The van der Waals surface area contributed by atoms with Crippen molar-refractivity contribution < 1.29 is 9.53 Å². The lowest BCUT2D eigenvalue weighted by Gasteiger charge is -2.23. The Labute approximate surface area is 174 Å². The van der Waals surface area contributed by atoms with E-state index in [1.807, 2.05) is 43.3 Å². The first kappa shape index (κ1) is 18.8. The average Bonchev–Trinajstić information content (AvgIpc) is 3.35. The highest BCUT2D eigenvalue weighted by atomic mass is 16.5. The number of hydrogen-bond acceptors (Lipinski definition) is 4. The fourth-order valence-electron chi connectivity index (χ4n) is 4.26. The predicted molar refractivity (Wildman–Crippen MR) is 118 cm³/mol. The van der Waals surface area contributed by atoms with Crippen LogP contribution in [0.3, 0.4) is 0 Å². The molecule has 30 heavy (non-hydrogen) atoms. The number of benzene rings is 2. The van der Waals surface area contributed by atoms with Crippen LogP contribution in [-0.4, -0.2) is 40.4 Å². The third kappa shape index (κ3) is 3.24. The van der Waals surface area contributed by atoms with Crippen LogP contribution in [0.2, 0.25) is 0 Å². The van der Waals surface area contributed by atoms with Gasteiger partial charge in [0, 0.05) is 29.9 Å². The van der Waals surface area contributed by atoms with Crippen LogP contribution < -0.4 is 5.32 Å². The van der Waals surface area contributed by atoms with E-state index >= 15 is 0 Å². The van der Waals surface area contributed by atoms with Gasteiger partial charge in [0.1, 0.15) is 0 Å². The van der Waals surface area contributed by atoms with E-state index in [0.29, 0.717) is 12.2 Å². The topological polar surface area (TPSA) is 82.8 Å². The number of rotatable bonds is 4. The summed E-state index contributed by atoms with van der Waals surface area (Å²) >= 11 is 0. The van der Waals surface area contributed by atoms with Gasteiger partial charge < -0.3 is 20.0 Å².